The molecule has 2 heterocycles. The van der Waals surface area contributed by atoms with Crippen LogP contribution in [0.15, 0.2) is 0 Å². The minimum atomic E-state index is -0.0921. The van der Waals surface area contributed by atoms with Gasteiger partial charge in [0.2, 0.25) is 11.8 Å². The molecule has 1 aliphatic carbocycles. The molecule has 3 fully saturated rings. The SMILES string of the molecule is CC(=O)N1CCC[C@@H]1[C@H]1CCCN1[C@H](C)C(=O)NCC1CCCCC1. The van der Waals surface area contributed by atoms with Gasteiger partial charge in [0.15, 0.2) is 0 Å². The maximum atomic E-state index is 12.7. The lowest BCUT2D eigenvalue weighted by molar-refractivity contribution is -0.131. The number of rotatable bonds is 5. The van der Waals surface area contributed by atoms with Crippen molar-refractivity contribution < 1.29 is 9.59 Å². The van der Waals surface area contributed by atoms with Crippen LogP contribution in [0.25, 0.3) is 0 Å². The molecule has 0 bridgehead atoms. The quantitative estimate of drug-likeness (QED) is 0.830. The minimum absolute atomic E-state index is 0.0921. The summed E-state index contributed by atoms with van der Waals surface area (Å²) in [4.78, 5) is 29.0. The predicted molar refractivity (Wildman–Crippen MR) is 99.2 cm³/mol. The third kappa shape index (κ3) is 4.36. The fourth-order valence-electron chi connectivity index (χ4n) is 5.23. The highest BCUT2D eigenvalue weighted by molar-refractivity contribution is 5.81. The van der Waals surface area contributed by atoms with Gasteiger partial charge in [0.1, 0.15) is 0 Å². The van der Waals surface area contributed by atoms with Crippen LogP contribution in [0.1, 0.15) is 71.6 Å². The molecule has 3 aliphatic rings. The maximum absolute atomic E-state index is 12.7. The third-order valence-corrected chi connectivity index (χ3v) is 6.66. The van der Waals surface area contributed by atoms with Crippen molar-refractivity contribution in [3.05, 3.63) is 0 Å². The number of likely N-dealkylation sites (tertiary alicyclic amines) is 2. The lowest BCUT2D eigenvalue weighted by Gasteiger charge is -2.37. The van der Waals surface area contributed by atoms with Crippen LogP contribution in [-0.4, -0.2) is 59.4 Å². The van der Waals surface area contributed by atoms with Crippen LogP contribution < -0.4 is 5.32 Å². The van der Waals surface area contributed by atoms with Crippen molar-refractivity contribution >= 4 is 11.8 Å². The lowest BCUT2D eigenvalue weighted by atomic mass is 9.89. The monoisotopic (exact) mass is 349 g/mol. The number of hydrogen-bond donors (Lipinski definition) is 1. The van der Waals surface area contributed by atoms with E-state index in [1.165, 1.54) is 32.1 Å². The lowest BCUT2D eigenvalue weighted by Crippen LogP contribution is -2.54. The van der Waals surface area contributed by atoms with Crippen LogP contribution in [-0.2, 0) is 9.59 Å². The van der Waals surface area contributed by atoms with E-state index in [2.05, 4.69) is 10.2 Å². The average molecular weight is 350 g/mol. The van der Waals surface area contributed by atoms with E-state index < -0.39 is 0 Å². The van der Waals surface area contributed by atoms with Crippen molar-refractivity contribution in [2.75, 3.05) is 19.6 Å². The molecule has 2 aliphatic heterocycles. The van der Waals surface area contributed by atoms with Crippen LogP contribution in [0.2, 0.25) is 0 Å². The number of nitrogens with zero attached hydrogens (tertiary/aromatic N) is 2. The van der Waals surface area contributed by atoms with Crippen molar-refractivity contribution in [2.45, 2.75) is 89.8 Å². The predicted octanol–water partition coefficient (Wildman–Crippen LogP) is 2.55. The van der Waals surface area contributed by atoms with E-state index in [9.17, 15) is 9.59 Å². The van der Waals surface area contributed by atoms with E-state index >= 15 is 0 Å². The van der Waals surface area contributed by atoms with E-state index in [-0.39, 0.29) is 17.9 Å². The van der Waals surface area contributed by atoms with Crippen LogP contribution in [0.3, 0.4) is 0 Å². The fourth-order valence-corrected chi connectivity index (χ4v) is 5.23. The van der Waals surface area contributed by atoms with Gasteiger partial charge < -0.3 is 10.2 Å². The summed E-state index contributed by atoms with van der Waals surface area (Å²) in [7, 11) is 0. The second-order valence-corrected chi connectivity index (χ2v) is 8.29. The smallest absolute Gasteiger partial charge is 0.237 e. The molecule has 0 aromatic heterocycles. The summed E-state index contributed by atoms with van der Waals surface area (Å²) in [5.74, 6) is 1.02. The molecular formula is C20H35N3O2. The first-order valence-electron chi connectivity index (χ1n) is 10.4. The van der Waals surface area contributed by atoms with Gasteiger partial charge >= 0.3 is 0 Å². The molecule has 3 rings (SSSR count). The summed E-state index contributed by atoms with van der Waals surface area (Å²) >= 11 is 0. The van der Waals surface area contributed by atoms with Crippen molar-refractivity contribution in [3.8, 4) is 0 Å². The van der Waals surface area contributed by atoms with Crippen LogP contribution in [0, 0.1) is 5.92 Å². The molecule has 1 N–H and O–H groups in total. The maximum Gasteiger partial charge on any atom is 0.237 e. The van der Waals surface area contributed by atoms with E-state index in [4.69, 9.17) is 0 Å². The molecule has 0 spiro atoms. The zero-order valence-electron chi connectivity index (χ0n) is 16.0. The fraction of sp³-hybridized carbons (Fsp3) is 0.900. The highest BCUT2D eigenvalue weighted by atomic mass is 16.2. The van der Waals surface area contributed by atoms with Gasteiger partial charge in [-0.3, -0.25) is 14.5 Å². The number of carbonyl (C=O) groups is 2. The first-order chi connectivity index (χ1) is 12.1. The molecule has 1 saturated carbocycles. The van der Waals surface area contributed by atoms with Gasteiger partial charge in [0, 0.05) is 32.1 Å². The molecule has 5 heteroatoms. The molecule has 2 saturated heterocycles. The van der Waals surface area contributed by atoms with Gasteiger partial charge in [0.05, 0.1) is 6.04 Å². The second-order valence-electron chi connectivity index (χ2n) is 8.29. The van der Waals surface area contributed by atoms with Gasteiger partial charge in [-0.05, 0) is 57.9 Å². The van der Waals surface area contributed by atoms with Gasteiger partial charge in [-0.25, -0.2) is 0 Å². The van der Waals surface area contributed by atoms with Gasteiger partial charge in [-0.1, -0.05) is 19.3 Å². The molecule has 25 heavy (non-hydrogen) atoms. The zero-order valence-corrected chi connectivity index (χ0v) is 16.0. The molecule has 0 aromatic carbocycles. The van der Waals surface area contributed by atoms with Crippen molar-refractivity contribution in [1.29, 1.82) is 0 Å². The Morgan fingerprint density at radius 1 is 0.960 bits per heavy atom. The van der Waals surface area contributed by atoms with Crippen molar-refractivity contribution in [1.82, 2.24) is 15.1 Å². The Morgan fingerprint density at radius 2 is 1.64 bits per heavy atom. The molecular weight excluding hydrogens is 314 g/mol. The summed E-state index contributed by atoms with van der Waals surface area (Å²) < 4.78 is 0. The Bertz CT molecular complexity index is 476. The summed E-state index contributed by atoms with van der Waals surface area (Å²) in [6, 6.07) is 0.556. The second kappa shape index (κ2) is 8.52. The van der Waals surface area contributed by atoms with E-state index in [1.54, 1.807) is 6.92 Å². The van der Waals surface area contributed by atoms with Crippen LogP contribution in [0.5, 0.6) is 0 Å². The Kier molecular flexibility index (Phi) is 6.37. The standard InChI is InChI=1S/C20H35N3O2/c1-15(20(25)21-14-17-8-4-3-5-9-17)22-12-6-10-18(22)19-11-7-13-23(19)16(2)24/h15,17-19H,3-14H2,1-2H3,(H,21,25)/t15-,18-,19-/m1/s1. The Hall–Kier alpha value is -1.10. The van der Waals surface area contributed by atoms with Gasteiger partial charge in [0.25, 0.3) is 0 Å². The number of amides is 2. The molecule has 5 nitrogen and oxygen atoms in total. The van der Waals surface area contributed by atoms with Crippen molar-refractivity contribution in [2.24, 2.45) is 5.92 Å². The van der Waals surface area contributed by atoms with Gasteiger partial charge in [-0.15, -0.1) is 0 Å². The van der Waals surface area contributed by atoms with Gasteiger partial charge in [-0.2, -0.15) is 0 Å². The molecule has 142 valence electrons. The van der Waals surface area contributed by atoms with Crippen molar-refractivity contribution in [3.63, 3.8) is 0 Å². The average Bonchev–Trinajstić information content (AvgIpc) is 3.28. The zero-order chi connectivity index (χ0) is 17.8. The highest BCUT2D eigenvalue weighted by Crippen LogP contribution is 2.31. The Balaban J connectivity index is 1.55. The van der Waals surface area contributed by atoms with E-state index in [0.717, 1.165) is 45.3 Å². The van der Waals surface area contributed by atoms with E-state index in [1.807, 2.05) is 11.8 Å². The molecule has 0 unspecified atom stereocenters. The Morgan fingerprint density at radius 3 is 2.36 bits per heavy atom. The summed E-state index contributed by atoms with van der Waals surface area (Å²) in [6.45, 7) is 6.42. The Labute approximate surface area is 152 Å². The number of nitrogens with one attached hydrogen (secondary N) is 1. The first-order valence-corrected chi connectivity index (χ1v) is 10.4. The minimum Gasteiger partial charge on any atom is -0.354 e. The van der Waals surface area contributed by atoms with E-state index in [0.29, 0.717) is 18.0 Å². The number of carbonyl (C=O) groups excluding carboxylic acids is 2. The summed E-state index contributed by atoms with van der Waals surface area (Å²) in [5.41, 5.74) is 0. The topological polar surface area (TPSA) is 52.7 Å². The summed E-state index contributed by atoms with van der Waals surface area (Å²) in [5, 5.41) is 3.21. The molecule has 3 atom stereocenters. The molecule has 0 radical (unpaired) electrons. The first kappa shape index (κ1) is 18.7. The highest BCUT2D eigenvalue weighted by Gasteiger charge is 2.41. The van der Waals surface area contributed by atoms with Crippen LogP contribution in [0.4, 0.5) is 0 Å². The normalized spacial score (nSPS) is 29.8. The largest absolute Gasteiger partial charge is 0.354 e. The van der Waals surface area contributed by atoms with Crippen LogP contribution >= 0.6 is 0 Å². The third-order valence-electron chi connectivity index (χ3n) is 6.66. The molecule has 0 aromatic rings. The number of hydrogen-bond acceptors (Lipinski definition) is 3. The summed E-state index contributed by atoms with van der Waals surface area (Å²) in [6.07, 6.45) is 10.9. The molecule has 2 amide bonds.